The van der Waals surface area contributed by atoms with Gasteiger partial charge in [-0.3, -0.25) is 9.78 Å². The van der Waals surface area contributed by atoms with Gasteiger partial charge in [0.15, 0.2) is 0 Å². The van der Waals surface area contributed by atoms with Crippen LogP contribution < -0.4 is 10.1 Å². The minimum Gasteiger partial charge on any atom is -0.487 e. The number of hydrogen-bond acceptors (Lipinski definition) is 4. The number of nitrogens with one attached hydrogen (secondary N) is 1. The van der Waals surface area contributed by atoms with Crippen LogP contribution in [0.25, 0.3) is 16.9 Å². The van der Waals surface area contributed by atoms with Crippen LogP contribution in [-0.4, -0.2) is 33.3 Å². The van der Waals surface area contributed by atoms with Crippen molar-refractivity contribution in [2.45, 2.75) is 12.5 Å². The lowest BCUT2D eigenvalue weighted by Crippen LogP contribution is -2.34. The summed E-state index contributed by atoms with van der Waals surface area (Å²) in [5.74, 6) is 0.689. The van der Waals surface area contributed by atoms with E-state index in [1.165, 1.54) is 0 Å². The predicted molar refractivity (Wildman–Crippen MR) is 114 cm³/mol. The Morgan fingerprint density at radius 1 is 1.07 bits per heavy atom. The van der Waals surface area contributed by atoms with Crippen molar-refractivity contribution in [2.24, 2.45) is 0 Å². The highest BCUT2D eigenvalue weighted by Crippen LogP contribution is 2.37. The van der Waals surface area contributed by atoms with E-state index in [0.717, 1.165) is 34.7 Å². The highest BCUT2D eigenvalue weighted by atomic mass is 16.5. The van der Waals surface area contributed by atoms with Crippen LogP contribution in [0.4, 0.5) is 0 Å². The molecule has 2 aromatic heterocycles. The number of amides is 1. The van der Waals surface area contributed by atoms with Gasteiger partial charge in [-0.05, 0) is 35.9 Å². The quantitative estimate of drug-likeness (QED) is 0.559. The van der Waals surface area contributed by atoms with Crippen molar-refractivity contribution in [2.75, 3.05) is 6.54 Å². The molecule has 3 heterocycles. The number of aromatic nitrogens is 3. The van der Waals surface area contributed by atoms with Crippen LogP contribution in [0.2, 0.25) is 0 Å². The Balaban J connectivity index is 1.25. The summed E-state index contributed by atoms with van der Waals surface area (Å²) in [6, 6.07) is 21.6. The number of carbonyl (C=O) groups is 1. The highest BCUT2D eigenvalue weighted by Gasteiger charge is 2.26. The monoisotopic (exact) mass is 396 g/mol. The molecule has 0 fully saturated rings. The predicted octanol–water partition coefficient (Wildman–Crippen LogP) is 3.67. The van der Waals surface area contributed by atoms with Crippen LogP contribution in [0.3, 0.4) is 0 Å². The summed E-state index contributed by atoms with van der Waals surface area (Å²) in [5, 5.41) is 7.25. The molecule has 1 atom stereocenters. The van der Waals surface area contributed by atoms with Crippen molar-refractivity contribution in [1.29, 1.82) is 0 Å². The zero-order valence-electron chi connectivity index (χ0n) is 16.2. The third-order valence-corrected chi connectivity index (χ3v) is 5.13. The van der Waals surface area contributed by atoms with Crippen LogP contribution in [0, 0.1) is 0 Å². The lowest BCUT2D eigenvalue weighted by molar-refractivity contribution is 0.0933. The van der Waals surface area contributed by atoms with Crippen molar-refractivity contribution in [3.8, 4) is 22.7 Å². The second kappa shape index (κ2) is 7.83. The largest absolute Gasteiger partial charge is 0.487 e. The molecule has 1 aliphatic rings. The number of fused-ring (bicyclic) bond motifs is 1. The van der Waals surface area contributed by atoms with E-state index in [0.29, 0.717) is 12.1 Å². The van der Waals surface area contributed by atoms with Crippen molar-refractivity contribution >= 4 is 5.91 Å². The molecule has 0 bridgehead atoms. The zero-order valence-corrected chi connectivity index (χ0v) is 16.2. The third kappa shape index (κ3) is 3.55. The van der Waals surface area contributed by atoms with Crippen molar-refractivity contribution in [3.63, 3.8) is 0 Å². The van der Waals surface area contributed by atoms with E-state index in [9.17, 15) is 4.79 Å². The molecule has 4 aromatic rings. The van der Waals surface area contributed by atoms with Gasteiger partial charge in [-0.25, -0.2) is 4.68 Å². The number of pyridine rings is 1. The fourth-order valence-corrected chi connectivity index (χ4v) is 3.65. The van der Waals surface area contributed by atoms with Crippen LogP contribution in [0.5, 0.6) is 5.75 Å². The van der Waals surface area contributed by atoms with E-state index >= 15 is 0 Å². The van der Waals surface area contributed by atoms with Gasteiger partial charge in [-0.1, -0.05) is 36.4 Å². The Morgan fingerprint density at radius 2 is 1.93 bits per heavy atom. The summed E-state index contributed by atoms with van der Waals surface area (Å²) in [6.45, 7) is 0.422. The average Bonchev–Trinajstić information content (AvgIpc) is 3.46. The molecule has 0 radical (unpaired) electrons. The second-order valence-corrected chi connectivity index (χ2v) is 7.17. The maximum atomic E-state index is 12.6. The van der Waals surface area contributed by atoms with Crippen LogP contribution in [-0.2, 0) is 6.42 Å². The first-order chi connectivity index (χ1) is 14.8. The lowest BCUT2D eigenvalue weighted by Gasteiger charge is -2.13. The maximum absolute atomic E-state index is 12.6. The van der Waals surface area contributed by atoms with E-state index in [1.807, 2.05) is 60.7 Å². The fourth-order valence-electron chi connectivity index (χ4n) is 3.65. The number of carbonyl (C=O) groups excluding carboxylic acids is 1. The van der Waals surface area contributed by atoms with E-state index in [2.05, 4.69) is 21.5 Å². The molecule has 5 rings (SSSR count). The van der Waals surface area contributed by atoms with Gasteiger partial charge in [0.25, 0.3) is 5.91 Å². The van der Waals surface area contributed by atoms with E-state index in [1.54, 1.807) is 23.3 Å². The summed E-state index contributed by atoms with van der Waals surface area (Å²) >= 11 is 0. The standard InChI is InChI=1S/C24H20N4O2/c29-24(18-14-27-28(16-18)19-8-2-1-3-9-19)26-15-20-13-17-7-6-10-21(23(17)30-20)22-11-4-5-12-25-22/h1-12,14,16,20H,13,15H2,(H,26,29)/t20-/m1/s1. The van der Waals surface area contributed by atoms with Crippen molar-refractivity contribution in [1.82, 2.24) is 20.1 Å². The number of rotatable bonds is 5. The molecule has 1 aliphatic heterocycles. The Hall–Kier alpha value is -3.93. The second-order valence-electron chi connectivity index (χ2n) is 7.17. The first kappa shape index (κ1) is 18.1. The SMILES string of the molecule is O=C(NC[C@H]1Cc2cccc(-c3ccccn3)c2O1)c1cnn(-c2ccccc2)c1. The van der Waals surface area contributed by atoms with Crippen LogP contribution in [0.15, 0.2) is 85.3 Å². The molecule has 0 saturated carbocycles. The van der Waals surface area contributed by atoms with E-state index in [-0.39, 0.29) is 12.0 Å². The molecule has 1 amide bonds. The van der Waals surface area contributed by atoms with E-state index in [4.69, 9.17) is 4.74 Å². The minimum absolute atomic E-state index is 0.113. The molecule has 6 nitrogen and oxygen atoms in total. The smallest absolute Gasteiger partial charge is 0.254 e. The molecule has 0 saturated heterocycles. The van der Waals surface area contributed by atoms with Gasteiger partial charge in [0, 0.05) is 24.4 Å². The lowest BCUT2D eigenvalue weighted by atomic mass is 10.0. The van der Waals surface area contributed by atoms with Crippen LogP contribution >= 0.6 is 0 Å². The van der Waals surface area contributed by atoms with Gasteiger partial charge >= 0.3 is 0 Å². The van der Waals surface area contributed by atoms with Gasteiger partial charge in [-0.15, -0.1) is 0 Å². The topological polar surface area (TPSA) is 69.0 Å². The first-order valence-corrected chi connectivity index (χ1v) is 9.86. The van der Waals surface area contributed by atoms with Gasteiger partial charge in [0.1, 0.15) is 11.9 Å². The zero-order chi connectivity index (χ0) is 20.3. The Labute approximate surface area is 174 Å². The van der Waals surface area contributed by atoms with Gasteiger partial charge in [-0.2, -0.15) is 5.10 Å². The number of benzene rings is 2. The Bertz CT molecular complexity index is 1170. The fraction of sp³-hybridized carbons (Fsp3) is 0.125. The normalized spacial score (nSPS) is 14.7. The Kier molecular flexibility index (Phi) is 4.73. The molecule has 30 heavy (non-hydrogen) atoms. The summed E-state index contributed by atoms with van der Waals surface area (Å²) in [7, 11) is 0. The third-order valence-electron chi connectivity index (χ3n) is 5.13. The van der Waals surface area contributed by atoms with E-state index < -0.39 is 0 Å². The number of nitrogens with zero attached hydrogens (tertiary/aromatic N) is 3. The summed E-state index contributed by atoms with van der Waals surface area (Å²) < 4.78 is 7.87. The van der Waals surface area contributed by atoms with Gasteiger partial charge in [0.05, 0.1) is 29.7 Å². The Morgan fingerprint density at radius 3 is 2.77 bits per heavy atom. The average molecular weight is 396 g/mol. The number of ether oxygens (including phenoxy) is 1. The molecule has 148 valence electrons. The molecule has 0 unspecified atom stereocenters. The van der Waals surface area contributed by atoms with Crippen molar-refractivity contribution in [3.05, 3.63) is 96.4 Å². The molecular weight excluding hydrogens is 376 g/mol. The summed E-state index contributed by atoms with van der Waals surface area (Å²) in [6.07, 6.45) is 5.72. The van der Waals surface area contributed by atoms with Crippen LogP contribution in [0.1, 0.15) is 15.9 Å². The summed E-state index contributed by atoms with van der Waals surface area (Å²) in [5.41, 5.74) is 4.42. The molecule has 0 spiro atoms. The maximum Gasteiger partial charge on any atom is 0.254 e. The molecule has 1 N–H and O–H groups in total. The van der Waals surface area contributed by atoms with Gasteiger partial charge < -0.3 is 10.1 Å². The van der Waals surface area contributed by atoms with Crippen molar-refractivity contribution < 1.29 is 9.53 Å². The number of hydrogen-bond donors (Lipinski definition) is 1. The number of para-hydroxylation sites is 2. The molecule has 2 aromatic carbocycles. The molecular formula is C24H20N4O2. The first-order valence-electron chi connectivity index (χ1n) is 9.86. The summed E-state index contributed by atoms with van der Waals surface area (Å²) in [4.78, 5) is 17.0. The molecule has 6 heteroatoms. The minimum atomic E-state index is -0.165. The van der Waals surface area contributed by atoms with Gasteiger partial charge in [0.2, 0.25) is 0 Å². The molecule has 0 aliphatic carbocycles. The highest BCUT2D eigenvalue weighted by molar-refractivity contribution is 5.93.